The van der Waals surface area contributed by atoms with Crippen molar-refractivity contribution in [1.82, 2.24) is 9.55 Å². The van der Waals surface area contributed by atoms with Crippen molar-refractivity contribution in [1.29, 1.82) is 0 Å². The third kappa shape index (κ3) is 6.73. The minimum Gasteiger partial charge on any atom is -0.446 e. The molecule has 0 aliphatic rings. The second kappa shape index (κ2) is 10.5. The number of ether oxygens (including phenoxy) is 1. The summed E-state index contributed by atoms with van der Waals surface area (Å²) in [5, 5.41) is 0. The van der Waals surface area contributed by atoms with Crippen LogP contribution in [-0.4, -0.2) is 21.7 Å². The van der Waals surface area contributed by atoms with Crippen molar-refractivity contribution < 1.29 is 9.53 Å². The van der Waals surface area contributed by atoms with Gasteiger partial charge < -0.3 is 4.74 Å². The number of carbonyl (C=O) groups is 1. The second-order valence-corrected chi connectivity index (χ2v) is 5.32. The van der Waals surface area contributed by atoms with E-state index in [1.54, 1.807) is 12.4 Å². The Kier molecular flexibility index (Phi) is 8.76. The van der Waals surface area contributed by atoms with Gasteiger partial charge in [0.15, 0.2) is 0 Å². The number of imidazole rings is 1. The van der Waals surface area contributed by atoms with Gasteiger partial charge in [0.25, 0.3) is 0 Å². The van der Waals surface area contributed by atoms with Crippen LogP contribution >= 0.6 is 0 Å². The summed E-state index contributed by atoms with van der Waals surface area (Å²) in [4.78, 5) is 15.7. The summed E-state index contributed by atoms with van der Waals surface area (Å²) < 4.78 is 6.94. The van der Waals surface area contributed by atoms with E-state index in [0.29, 0.717) is 0 Å². The van der Waals surface area contributed by atoms with Crippen LogP contribution in [-0.2, 0) is 4.74 Å². The zero-order valence-corrected chi connectivity index (χ0v) is 12.9. The van der Waals surface area contributed by atoms with E-state index in [4.69, 9.17) is 4.74 Å². The summed E-state index contributed by atoms with van der Waals surface area (Å²) in [5.41, 5.74) is 0. The van der Waals surface area contributed by atoms with Crippen LogP contribution in [0.3, 0.4) is 0 Å². The van der Waals surface area contributed by atoms with Crippen LogP contribution in [0, 0.1) is 0 Å². The van der Waals surface area contributed by atoms with Gasteiger partial charge in [-0.3, -0.25) is 0 Å². The number of rotatable bonds is 10. The lowest BCUT2D eigenvalue weighted by Gasteiger charge is -2.17. The summed E-state index contributed by atoms with van der Waals surface area (Å²) in [7, 11) is 0. The highest BCUT2D eigenvalue weighted by atomic mass is 16.6. The van der Waals surface area contributed by atoms with Crippen molar-refractivity contribution in [3.63, 3.8) is 0 Å². The van der Waals surface area contributed by atoms with Gasteiger partial charge in [0.1, 0.15) is 12.4 Å². The molecule has 1 aromatic rings. The second-order valence-electron chi connectivity index (χ2n) is 5.32. The molecule has 1 heterocycles. The van der Waals surface area contributed by atoms with Gasteiger partial charge in [-0.15, -0.1) is 0 Å². The smallest absolute Gasteiger partial charge is 0.419 e. The van der Waals surface area contributed by atoms with E-state index in [1.807, 2.05) is 0 Å². The molecule has 0 saturated heterocycles. The van der Waals surface area contributed by atoms with Gasteiger partial charge in [0.05, 0.1) is 0 Å². The molecule has 1 atom stereocenters. The molecule has 0 N–H and O–H groups in total. The van der Waals surface area contributed by atoms with Crippen LogP contribution in [0.25, 0.3) is 0 Å². The highest BCUT2D eigenvalue weighted by Crippen LogP contribution is 2.14. The van der Waals surface area contributed by atoms with E-state index in [9.17, 15) is 4.79 Å². The van der Waals surface area contributed by atoms with Crippen LogP contribution < -0.4 is 0 Å². The lowest BCUT2D eigenvalue weighted by Crippen LogP contribution is -2.21. The van der Waals surface area contributed by atoms with E-state index in [2.05, 4.69) is 18.8 Å². The summed E-state index contributed by atoms with van der Waals surface area (Å²) in [6.07, 6.45) is 15.0. The number of aromatic nitrogens is 2. The van der Waals surface area contributed by atoms with Crippen molar-refractivity contribution in [2.75, 3.05) is 0 Å². The predicted molar refractivity (Wildman–Crippen MR) is 80.8 cm³/mol. The van der Waals surface area contributed by atoms with Gasteiger partial charge in [-0.25, -0.2) is 14.3 Å². The largest absolute Gasteiger partial charge is 0.446 e. The first-order valence-corrected chi connectivity index (χ1v) is 7.96. The topological polar surface area (TPSA) is 44.1 Å². The Morgan fingerprint density at radius 1 is 1.10 bits per heavy atom. The number of hydrogen-bond acceptors (Lipinski definition) is 3. The number of nitrogens with zero attached hydrogens (tertiary/aromatic N) is 2. The summed E-state index contributed by atoms with van der Waals surface area (Å²) >= 11 is 0. The molecule has 20 heavy (non-hydrogen) atoms. The van der Waals surface area contributed by atoms with Crippen molar-refractivity contribution in [2.24, 2.45) is 0 Å². The molecule has 1 unspecified atom stereocenters. The average molecular weight is 280 g/mol. The molecule has 0 aromatic carbocycles. The van der Waals surface area contributed by atoms with Crippen LogP contribution in [0.1, 0.15) is 71.6 Å². The van der Waals surface area contributed by atoms with Crippen molar-refractivity contribution in [2.45, 2.75) is 77.7 Å². The molecule has 0 fully saturated rings. The van der Waals surface area contributed by atoms with E-state index >= 15 is 0 Å². The monoisotopic (exact) mass is 280 g/mol. The average Bonchev–Trinajstić information content (AvgIpc) is 2.97. The maximum Gasteiger partial charge on any atom is 0.419 e. The van der Waals surface area contributed by atoms with Crippen molar-refractivity contribution in [3.8, 4) is 0 Å². The summed E-state index contributed by atoms with van der Waals surface area (Å²) in [6, 6.07) is 0. The van der Waals surface area contributed by atoms with Crippen molar-refractivity contribution >= 4 is 6.09 Å². The Hall–Kier alpha value is -1.32. The zero-order valence-electron chi connectivity index (χ0n) is 12.9. The van der Waals surface area contributed by atoms with Crippen molar-refractivity contribution in [3.05, 3.63) is 18.7 Å². The minimum absolute atomic E-state index is 0.0427. The first-order valence-electron chi connectivity index (χ1n) is 7.96. The quantitative estimate of drug-likeness (QED) is 0.579. The first kappa shape index (κ1) is 16.7. The fourth-order valence-corrected chi connectivity index (χ4v) is 2.31. The number of carbonyl (C=O) groups excluding carboxylic acids is 1. The lowest BCUT2D eigenvalue weighted by atomic mass is 10.0. The minimum atomic E-state index is -0.313. The Labute approximate surface area is 122 Å². The Balaban J connectivity index is 2.24. The van der Waals surface area contributed by atoms with Crippen LogP contribution in [0.15, 0.2) is 18.7 Å². The molecule has 0 bridgehead atoms. The fourth-order valence-electron chi connectivity index (χ4n) is 2.31. The molecular formula is C16H28N2O2. The first-order chi connectivity index (χ1) is 9.77. The van der Waals surface area contributed by atoms with E-state index < -0.39 is 0 Å². The van der Waals surface area contributed by atoms with Crippen LogP contribution in [0.4, 0.5) is 4.79 Å². The maximum atomic E-state index is 11.9. The molecule has 1 aromatic heterocycles. The normalized spacial score (nSPS) is 12.3. The molecule has 4 nitrogen and oxygen atoms in total. The van der Waals surface area contributed by atoms with E-state index in [0.717, 1.165) is 25.7 Å². The number of hydrogen-bond donors (Lipinski definition) is 0. The molecular weight excluding hydrogens is 252 g/mol. The SMILES string of the molecule is CCCCCCCCC(CCC)OC(=O)n1ccnc1. The summed E-state index contributed by atoms with van der Waals surface area (Å²) in [6.45, 7) is 4.35. The van der Waals surface area contributed by atoms with E-state index in [-0.39, 0.29) is 12.2 Å². The Morgan fingerprint density at radius 3 is 2.50 bits per heavy atom. The molecule has 114 valence electrons. The van der Waals surface area contributed by atoms with Gasteiger partial charge in [-0.05, 0) is 19.3 Å². The van der Waals surface area contributed by atoms with Crippen LogP contribution in [0.5, 0.6) is 0 Å². The van der Waals surface area contributed by atoms with Crippen LogP contribution in [0.2, 0.25) is 0 Å². The van der Waals surface area contributed by atoms with Gasteiger partial charge >= 0.3 is 6.09 Å². The maximum absolute atomic E-state index is 11.9. The molecule has 0 aliphatic carbocycles. The molecule has 0 aliphatic heterocycles. The third-order valence-electron chi connectivity index (χ3n) is 3.47. The van der Waals surface area contributed by atoms with Gasteiger partial charge in [-0.1, -0.05) is 52.4 Å². The molecule has 1 rings (SSSR count). The summed E-state index contributed by atoms with van der Waals surface area (Å²) in [5.74, 6) is 0. The van der Waals surface area contributed by atoms with E-state index in [1.165, 1.54) is 43.0 Å². The highest BCUT2D eigenvalue weighted by Gasteiger charge is 2.14. The van der Waals surface area contributed by atoms with Gasteiger partial charge in [-0.2, -0.15) is 0 Å². The lowest BCUT2D eigenvalue weighted by molar-refractivity contribution is 0.0865. The standard InChI is InChI=1S/C16H28N2O2/c1-3-5-6-7-8-9-11-15(10-4-2)20-16(19)18-13-12-17-14-18/h12-15H,3-11H2,1-2H3. The molecule has 0 spiro atoms. The third-order valence-corrected chi connectivity index (χ3v) is 3.47. The predicted octanol–water partition coefficient (Wildman–Crippen LogP) is 4.79. The number of unbranched alkanes of at least 4 members (excludes halogenated alkanes) is 5. The molecule has 0 saturated carbocycles. The molecule has 0 radical (unpaired) electrons. The van der Waals surface area contributed by atoms with Gasteiger partial charge in [0, 0.05) is 12.4 Å². The Bertz CT molecular complexity index is 349. The molecule has 0 amide bonds. The van der Waals surface area contributed by atoms with Gasteiger partial charge in [0.2, 0.25) is 0 Å². The fraction of sp³-hybridized carbons (Fsp3) is 0.750. The highest BCUT2D eigenvalue weighted by molar-refractivity contribution is 5.70. The molecule has 4 heteroatoms. The Morgan fingerprint density at radius 2 is 1.85 bits per heavy atom. The zero-order chi connectivity index (χ0) is 14.6.